The van der Waals surface area contributed by atoms with Gasteiger partial charge in [0, 0.05) is 24.0 Å². The van der Waals surface area contributed by atoms with Gasteiger partial charge in [-0.25, -0.2) is 4.98 Å². The monoisotopic (exact) mass is 305 g/mol. The molecule has 0 radical (unpaired) electrons. The predicted octanol–water partition coefficient (Wildman–Crippen LogP) is 3.09. The first kappa shape index (κ1) is 15.2. The largest absolute Gasteiger partial charge is 0.301 e. The summed E-state index contributed by atoms with van der Waals surface area (Å²) in [4.78, 5) is 28.8. The molecule has 0 saturated heterocycles. The molecule has 7 heteroatoms. The van der Waals surface area contributed by atoms with Crippen LogP contribution in [0.15, 0.2) is 40.3 Å². The number of nitrogens with zero attached hydrogens (tertiary/aromatic N) is 2. The Morgan fingerprint density at radius 2 is 2.00 bits per heavy atom. The highest BCUT2D eigenvalue weighted by molar-refractivity contribution is 7.98. The Morgan fingerprint density at radius 1 is 1.33 bits per heavy atom. The van der Waals surface area contributed by atoms with Crippen LogP contribution in [0.3, 0.4) is 0 Å². The first-order valence-corrected chi connectivity index (χ1v) is 7.41. The van der Waals surface area contributed by atoms with Crippen LogP contribution in [0.2, 0.25) is 0 Å². The van der Waals surface area contributed by atoms with Crippen LogP contribution in [0.1, 0.15) is 31.0 Å². The lowest BCUT2D eigenvalue weighted by Gasteiger charge is -2.06. The highest BCUT2D eigenvalue weighted by Crippen LogP contribution is 2.21. The Balaban J connectivity index is 2.09. The summed E-state index contributed by atoms with van der Waals surface area (Å²) in [6.07, 6.45) is 0. The lowest BCUT2D eigenvalue weighted by atomic mass is 10.1. The van der Waals surface area contributed by atoms with Crippen LogP contribution >= 0.6 is 11.8 Å². The molecule has 0 saturated carbocycles. The van der Waals surface area contributed by atoms with Crippen LogP contribution in [-0.2, 0) is 5.75 Å². The molecule has 0 aliphatic carbocycles. The van der Waals surface area contributed by atoms with Crippen LogP contribution in [0.4, 0.5) is 5.69 Å². The van der Waals surface area contributed by atoms with Crippen LogP contribution < -0.4 is 5.56 Å². The molecule has 6 nitrogen and oxygen atoms in total. The van der Waals surface area contributed by atoms with Crippen LogP contribution in [0, 0.1) is 10.1 Å². The van der Waals surface area contributed by atoms with E-state index in [1.165, 1.54) is 30.0 Å². The predicted molar refractivity (Wildman–Crippen MR) is 81.6 cm³/mol. The molecule has 1 aromatic heterocycles. The third kappa shape index (κ3) is 4.16. The van der Waals surface area contributed by atoms with Gasteiger partial charge < -0.3 is 4.98 Å². The molecule has 0 amide bonds. The van der Waals surface area contributed by atoms with Crippen molar-refractivity contribution in [1.29, 1.82) is 0 Å². The van der Waals surface area contributed by atoms with E-state index in [0.29, 0.717) is 10.9 Å². The fourth-order valence-corrected chi connectivity index (χ4v) is 2.52. The smallest absolute Gasteiger partial charge is 0.269 e. The standard InChI is InChI=1S/C14H15N3O3S/c1-9(2)12-7-13(18)16-14(15-12)21-8-10-3-5-11(6-4-10)17(19)20/h3-7,9H,8H2,1-2H3,(H,15,16,18). The highest BCUT2D eigenvalue weighted by atomic mass is 32.2. The number of non-ortho nitro benzene ring substituents is 1. The molecule has 2 aromatic rings. The van der Waals surface area contributed by atoms with Gasteiger partial charge in [0.2, 0.25) is 0 Å². The summed E-state index contributed by atoms with van der Waals surface area (Å²) >= 11 is 1.40. The maximum atomic E-state index is 11.6. The lowest BCUT2D eigenvalue weighted by molar-refractivity contribution is -0.384. The van der Waals surface area contributed by atoms with Crippen molar-refractivity contribution in [3.05, 3.63) is 62.1 Å². The van der Waals surface area contributed by atoms with Gasteiger partial charge in [0.1, 0.15) is 0 Å². The highest BCUT2D eigenvalue weighted by Gasteiger charge is 2.07. The molecular weight excluding hydrogens is 290 g/mol. The second-order valence-corrected chi connectivity index (χ2v) is 5.81. The molecule has 0 atom stereocenters. The number of aromatic amines is 1. The van der Waals surface area contributed by atoms with Crippen molar-refractivity contribution in [2.45, 2.75) is 30.7 Å². The van der Waals surface area contributed by atoms with E-state index in [-0.39, 0.29) is 17.2 Å². The van der Waals surface area contributed by atoms with Gasteiger partial charge in [-0.15, -0.1) is 0 Å². The molecule has 0 aliphatic heterocycles. The molecule has 0 unspecified atom stereocenters. The average molecular weight is 305 g/mol. The molecule has 1 heterocycles. The molecule has 0 spiro atoms. The average Bonchev–Trinajstić information content (AvgIpc) is 2.45. The van der Waals surface area contributed by atoms with Crippen molar-refractivity contribution in [3.8, 4) is 0 Å². The van der Waals surface area contributed by atoms with Crippen molar-refractivity contribution in [3.63, 3.8) is 0 Å². The lowest BCUT2D eigenvalue weighted by Crippen LogP contribution is -2.10. The van der Waals surface area contributed by atoms with Gasteiger partial charge in [0.05, 0.1) is 10.6 Å². The Kier molecular flexibility index (Phi) is 4.74. The molecule has 2 rings (SSSR count). The van der Waals surface area contributed by atoms with Crippen molar-refractivity contribution >= 4 is 17.4 Å². The van der Waals surface area contributed by atoms with Crippen LogP contribution in [-0.4, -0.2) is 14.9 Å². The molecule has 0 aliphatic rings. The zero-order chi connectivity index (χ0) is 15.4. The number of aromatic nitrogens is 2. The molecule has 1 N–H and O–H groups in total. The van der Waals surface area contributed by atoms with Gasteiger partial charge in [-0.1, -0.05) is 37.7 Å². The Hall–Kier alpha value is -2.15. The van der Waals surface area contributed by atoms with Gasteiger partial charge in [-0.2, -0.15) is 0 Å². The van der Waals surface area contributed by atoms with Crippen LogP contribution in [0.25, 0.3) is 0 Å². The Morgan fingerprint density at radius 3 is 2.57 bits per heavy atom. The van der Waals surface area contributed by atoms with E-state index in [2.05, 4.69) is 9.97 Å². The zero-order valence-corrected chi connectivity index (χ0v) is 12.5. The van der Waals surface area contributed by atoms with E-state index in [1.807, 2.05) is 13.8 Å². The van der Waals surface area contributed by atoms with Gasteiger partial charge in [0.15, 0.2) is 5.16 Å². The van der Waals surface area contributed by atoms with E-state index < -0.39 is 4.92 Å². The number of hydrogen-bond donors (Lipinski definition) is 1. The third-order valence-corrected chi connectivity index (χ3v) is 3.80. The van der Waals surface area contributed by atoms with Crippen molar-refractivity contribution in [1.82, 2.24) is 9.97 Å². The summed E-state index contributed by atoms with van der Waals surface area (Å²) in [5.74, 6) is 0.772. The minimum atomic E-state index is -0.428. The minimum absolute atomic E-state index is 0.0667. The number of rotatable bonds is 5. The number of nitrogens with one attached hydrogen (secondary N) is 1. The van der Waals surface area contributed by atoms with E-state index >= 15 is 0 Å². The van der Waals surface area contributed by atoms with Crippen molar-refractivity contribution < 1.29 is 4.92 Å². The number of nitro groups is 1. The number of nitro benzene ring substituents is 1. The molecule has 1 aromatic carbocycles. The first-order valence-electron chi connectivity index (χ1n) is 6.43. The molecular formula is C14H15N3O3S. The van der Waals surface area contributed by atoms with Crippen molar-refractivity contribution in [2.24, 2.45) is 0 Å². The van der Waals surface area contributed by atoms with Crippen LogP contribution in [0.5, 0.6) is 0 Å². The molecule has 0 fully saturated rings. The Labute approximate surface area is 125 Å². The molecule has 110 valence electrons. The molecule has 0 bridgehead atoms. The third-order valence-electron chi connectivity index (χ3n) is 2.85. The Bertz CT molecular complexity index is 695. The molecule has 21 heavy (non-hydrogen) atoms. The minimum Gasteiger partial charge on any atom is -0.301 e. The number of H-pyrrole nitrogens is 1. The van der Waals surface area contributed by atoms with Gasteiger partial charge in [-0.05, 0) is 11.5 Å². The van der Waals surface area contributed by atoms with E-state index in [0.717, 1.165) is 11.3 Å². The topological polar surface area (TPSA) is 88.9 Å². The summed E-state index contributed by atoms with van der Waals surface area (Å²) in [6, 6.07) is 7.85. The summed E-state index contributed by atoms with van der Waals surface area (Å²) in [7, 11) is 0. The van der Waals surface area contributed by atoms with Gasteiger partial charge in [-0.3, -0.25) is 14.9 Å². The second kappa shape index (κ2) is 6.53. The van der Waals surface area contributed by atoms with E-state index in [9.17, 15) is 14.9 Å². The summed E-state index contributed by atoms with van der Waals surface area (Å²) in [5, 5.41) is 11.1. The maximum absolute atomic E-state index is 11.6. The maximum Gasteiger partial charge on any atom is 0.269 e. The second-order valence-electron chi connectivity index (χ2n) is 4.84. The fraction of sp³-hybridized carbons (Fsp3) is 0.286. The van der Waals surface area contributed by atoms with Crippen molar-refractivity contribution in [2.75, 3.05) is 0 Å². The summed E-state index contributed by atoms with van der Waals surface area (Å²) in [5.41, 5.74) is 1.59. The first-order chi connectivity index (χ1) is 9.95. The number of hydrogen-bond acceptors (Lipinski definition) is 5. The zero-order valence-electron chi connectivity index (χ0n) is 11.7. The number of benzene rings is 1. The normalized spacial score (nSPS) is 10.8. The summed E-state index contributed by atoms with van der Waals surface area (Å²) in [6.45, 7) is 3.96. The summed E-state index contributed by atoms with van der Waals surface area (Å²) < 4.78 is 0. The van der Waals surface area contributed by atoms with E-state index in [1.54, 1.807) is 12.1 Å². The fourth-order valence-electron chi connectivity index (χ4n) is 1.68. The quantitative estimate of drug-likeness (QED) is 0.397. The van der Waals surface area contributed by atoms with Gasteiger partial charge in [0.25, 0.3) is 11.2 Å². The SMILES string of the molecule is CC(C)c1cc(=O)[nH]c(SCc2ccc([N+](=O)[O-])cc2)n1. The van der Waals surface area contributed by atoms with Gasteiger partial charge >= 0.3 is 0 Å². The number of thioether (sulfide) groups is 1. The van der Waals surface area contributed by atoms with E-state index in [4.69, 9.17) is 0 Å².